The van der Waals surface area contributed by atoms with Gasteiger partial charge in [-0.2, -0.15) is 0 Å². The Bertz CT molecular complexity index is 1210. The molecular weight excluding hydrogens is 490 g/mol. The van der Waals surface area contributed by atoms with Gasteiger partial charge in [0.25, 0.3) is 5.91 Å². The average molecular weight is 503 g/mol. The first-order valence-electron chi connectivity index (χ1n) is 8.53. The molecule has 4 nitrogen and oxygen atoms in total. The number of rotatable bonds is 3. The molecule has 4 aromatic rings. The standard InChI is InChI=1S/C21H13BrClN3OS2/c22-15-6-2-1-5-13(15)19(27)26-21(28)24-12-9-10-14(16(23)11-12)20-25-17-7-3-4-8-18(17)29-20/h1-11H,(H2,24,26,27,28). The largest absolute Gasteiger partial charge is 0.332 e. The van der Waals surface area contributed by atoms with Gasteiger partial charge in [0, 0.05) is 15.7 Å². The molecule has 0 aliphatic rings. The van der Waals surface area contributed by atoms with E-state index in [4.69, 9.17) is 23.8 Å². The predicted octanol–water partition coefficient (Wildman–Crippen LogP) is 6.51. The molecule has 0 aliphatic heterocycles. The van der Waals surface area contributed by atoms with E-state index in [1.165, 1.54) is 0 Å². The maximum atomic E-state index is 12.4. The quantitative estimate of drug-likeness (QED) is 0.314. The number of carbonyl (C=O) groups excluding carboxylic acids is 1. The van der Waals surface area contributed by atoms with E-state index in [0.29, 0.717) is 20.7 Å². The molecule has 1 heterocycles. The third kappa shape index (κ3) is 4.48. The number of carbonyl (C=O) groups is 1. The maximum Gasteiger partial charge on any atom is 0.258 e. The van der Waals surface area contributed by atoms with Crippen molar-refractivity contribution in [1.29, 1.82) is 0 Å². The van der Waals surface area contributed by atoms with E-state index >= 15 is 0 Å². The summed E-state index contributed by atoms with van der Waals surface area (Å²) in [5.74, 6) is -0.299. The number of nitrogens with one attached hydrogen (secondary N) is 2. The highest BCUT2D eigenvalue weighted by Crippen LogP contribution is 2.35. The van der Waals surface area contributed by atoms with Crippen LogP contribution in [-0.4, -0.2) is 16.0 Å². The lowest BCUT2D eigenvalue weighted by Gasteiger charge is -2.11. The van der Waals surface area contributed by atoms with Crippen LogP contribution in [-0.2, 0) is 0 Å². The second-order valence-corrected chi connectivity index (χ2v) is 8.77. The Kier molecular flexibility index (Phi) is 5.91. The number of thiazole rings is 1. The number of nitrogens with zero attached hydrogens (tertiary/aromatic N) is 1. The molecule has 1 aromatic heterocycles. The number of amides is 1. The number of fused-ring (bicyclic) bond motifs is 1. The Balaban J connectivity index is 1.48. The van der Waals surface area contributed by atoms with Gasteiger partial charge >= 0.3 is 0 Å². The molecule has 0 unspecified atom stereocenters. The lowest BCUT2D eigenvalue weighted by molar-refractivity contribution is 0.0977. The molecule has 0 saturated carbocycles. The summed E-state index contributed by atoms with van der Waals surface area (Å²) in [6.45, 7) is 0. The van der Waals surface area contributed by atoms with Crippen molar-refractivity contribution in [3.8, 4) is 10.6 Å². The van der Waals surface area contributed by atoms with Gasteiger partial charge in [-0.1, -0.05) is 35.9 Å². The van der Waals surface area contributed by atoms with Gasteiger partial charge in [0.05, 0.1) is 20.8 Å². The van der Waals surface area contributed by atoms with E-state index in [0.717, 1.165) is 20.8 Å². The number of halogens is 2. The number of para-hydroxylation sites is 1. The zero-order chi connectivity index (χ0) is 20.4. The third-order valence-corrected chi connectivity index (χ3v) is 6.37. The summed E-state index contributed by atoms with van der Waals surface area (Å²) in [5.41, 5.74) is 2.97. The number of hydrogen-bond donors (Lipinski definition) is 2. The fraction of sp³-hybridized carbons (Fsp3) is 0. The fourth-order valence-electron chi connectivity index (χ4n) is 2.73. The van der Waals surface area contributed by atoms with Crippen LogP contribution in [0.2, 0.25) is 5.02 Å². The van der Waals surface area contributed by atoms with Crippen molar-refractivity contribution in [2.24, 2.45) is 0 Å². The average Bonchev–Trinajstić information content (AvgIpc) is 3.12. The number of anilines is 1. The van der Waals surface area contributed by atoms with E-state index < -0.39 is 0 Å². The van der Waals surface area contributed by atoms with E-state index in [1.807, 2.05) is 42.5 Å². The molecule has 3 aromatic carbocycles. The molecule has 0 saturated heterocycles. The summed E-state index contributed by atoms with van der Waals surface area (Å²) in [6.07, 6.45) is 0. The molecule has 0 aliphatic carbocycles. The summed E-state index contributed by atoms with van der Waals surface area (Å²) in [4.78, 5) is 17.0. The Morgan fingerprint density at radius 2 is 1.83 bits per heavy atom. The first-order chi connectivity index (χ1) is 14.0. The molecule has 1 amide bonds. The first-order valence-corrected chi connectivity index (χ1v) is 10.9. The van der Waals surface area contributed by atoms with Crippen LogP contribution in [0.5, 0.6) is 0 Å². The van der Waals surface area contributed by atoms with Gasteiger partial charge in [0.2, 0.25) is 0 Å². The van der Waals surface area contributed by atoms with Gasteiger partial charge in [0.1, 0.15) is 5.01 Å². The highest BCUT2D eigenvalue weighted by atomic mass is 79.9. The van der Waals surface area contributed by atoms with Crippen LogP contribution in [0.3, 0.4) is 0 Å². The second kappa shape index (κ2) is 8.59. The van der Waals surface area contributed by atoms with Crippen LogP contribution in [0.25, 0.3) is 20.8 Å². The number of hydrogen-bond acceptors (Lipinski definition) is 4. The maximum absolute atomic E-state index is 12.4. The highest BCUT2D eigenvalue weighted by molar-refractivity contribution is 9.10. The van der Waals surface area contributed by atoms with Gasteiger partial charge in [-0.05, 0) is 70.6 Å². The molecule has 4 rings (SSSR count). The number of aromatic nitrogens is 1. The summed E-state index contributed by atoms with van der Waals surface area (Å²) in [5, 5.41) is 7.25. The predicted molar refractivity (Wildman–Crippen MR) is 128 cm³/mol. The Labute approximate surface area is 190 Å². The Morgan fingerprint density at radius 1 is 1.07 bits per heavy atom. The fourth-order valence-corrected chi connectivity index (χ4v) is 4.74. The topological polar surface area (TPSA) is 54.0 Å². The van der Waals surface area contributed by atoms with Crippen molar-refractivity contribution in [3.05, 3.63) is 81.8 Å². The summed E-state index contributed by atoms with van der Waals surface area (Å²) in [7, 11) is 0. The number of benzene rings is 3. The Morgan fingerprint density at radius 3 is 2.59 bits per heavy atom. The normalized spacial score (nSPS) is 10.7. The van der Waals surface area contributed by atoms with Crippen molar-refractivity contribution in [1.82, 2.24) is 10.3 Å². The van der Waals surface area contributed by atoms with Gasteiger partial charge in [-0.15, -0.1) is 11.3 Å². The smallest absolute Gasteiger partial charge is 0.258 e. The van der Waals surface area contributed by atoms with E-state index in [-0.39, 0.29) is 11.0 Å². The van der Waals surface area contributed by atoms with Crippen molar-refractivity contribution < 1.29 is 4.79 Å². The van der Waals surface area contributed by atoms with Crippen LogP contribution in [0, 0.1) is 0 Å². The third-order valence-electron chi connectivity index (χ3n) is 4.10. The van der Waals surface area contributed by atoms with Crippen molar-refractivity contribution in [2.75, 3.05) is 5.32 Å². The molecule has 0 atom stereocenters. The first kappa shape index (κ1) is 20.0. The monoisotopic (exact) mass is 501 g/mol. The molecular formula is C21H13BrClN3OS2. The second-order valence-electron chi connectivity index (χ2n) is 6.07. The lowest BCUT2D eigenvalue weighted by atomic mass is 10.2. The van der Waals surface area contributed by atoms with Gasteiger partial charge < -0.3 is 5.32 Å². The van der Waals surface area contributed by atoms with Crippen LogP contribution in [0.1, 0.15) is 10.4 Å². The molecule has 2 N–H and O–H groups in total. The van der Waals surface area contributed by atoms with E-state index in [9.17, 15) is 4.79 Å². The van der Waals surface area contributed by atoms with E-state index in [1.54, 1.807) is 35.6 Å². The number of thiocarbonyl (C=S) groups is 1. The zero-order valence-electron chi connectivity index (χ0n) is 14.8. The van der Waals surface area contributed by atoms with Crippen LogP contribution in [0.15, 0.2) is 71.2 Å². The van der Waals surface area contributed by atoms with Gasteiger partial charge in [-0.3, -0.25) is 10.1 Å². The van der Waals surface area contributed by atoms with Crippen LogP contribution >= 0.6 is 51.1 Å². The molecule has 144 valence electrons. The minimum atomic E-state index is -0.299. The highest BCUT2D eigenvalue weighted by Gasteiger charge is 2.13. The SMILES string of the molecule is O=C(NC(=S)Nc1ccc(-c2nc3ccccc3s2)c(Cl)c1)c1ccccc1Br. The van der Waals surface area contributed by atoms with Crippen LogP contribution in [0.4, 0.5) is 5.69 Å². The summed E-state index contributed by atoms with van der Waals surface area (Å²) in [6, 6.07) is 20.6. The molecule has 29 heavy (non-hydrogen) atoms. The lowest BCUT2D eigenvalue weighted by Crippen LogP contribution is -2.34. The van der Waals surface area contributed by atoms with Crippen molar-refractivity contribution in [2.45, 2.75) is 0 Å². The van der Waals surface area contributed by atoms with Gasteiger partial charge in [-0.25, -0.2) is 4.98 Å². The molecule has 8 heteroatoms. The Hall–Kier alpha value is -2.32. The van der Waals surface area contributed by atoms with Crippen LogP contribution < -0.4 is 10.6 Å². The molecule has 0 fully saturated rings. The zero-order valence-corrected chi connectivity index (χ0v) is 18.8. The molecule has 0 radical (unpaired) electrons. The summed E-state index contributed by atoms with van der Waals surface area (Å²) >= 11 is 16.7. The summed E-state index contributed by atoms with van der Waals surface area (Å²) < 4.78 is 1.81. The minimum absolute atomic E-state index is 0.189. The van der Waals surface area contributed by atoms with Gasteiger partial charge in [0.15, 0.2) is 5.11 Å². The minimum Gasteiger partial charge on any atom is -0.332 e. The van der Waals surface area contributed by atoms with Crippen molar-refractivity contribution >= 4 is 78.0 Å². The van der Waals surface area contributed by atoms with Crippen molar-refractivity contribution in [3.63, 3.8) is 0 Å². The van der Waals surface area contributed by atoms with E-state index in [2.05, 4.69) is 31.5 Å². The molecule has 0 bridgehead atoms. The molecule has 0 spiro atoms.